The highest BCUT2D eigenvalue weighted by molar-refractivity contribution is 7.94. The van der Waals surface area contributed by atoms with E-state index in [4.69, 9.17) is 0 Å². The van der Waals surface area contributed by atoms with Crippen molar-refractivity contribution in [2.75, 3.05) is 5.75 Å². The van der Waals surface area contributed by atoms with Gasteiger partial charge in [0.25, 0.3) is 5.69 Å². The van der Waals surface area contributed by atoms with E-state index >= 15 is 0 Å². The molecule has 0 bridgehead atoms. The van der Waals surface area contributed by atoms with Gasteiger partial charge >= 0.3 is 0 Å². The summed E-state index contributed by atoms with van der Waals surface area (Å²) in [6, 6.07) is 4.76. The predicted octanol–water partition coefficient (Wildman–Crippen LogP) is 1.30. The summed E-state index contributed by atoms with van der Waals surface area (Å²) in [7, 11) is -3.08. The average molecular weight is 282 g/mol. The Morgan fingerprint density at radius 3 is 2.79 bits per heavy atom. The average Bonchev–Trinajstić information content (AvgIpc) is 2.67. The van der Waals surface area contributed by atoms with Gasteiger partial charge in [-0.2, -0.15) is 0 Å². The van der Waals surface area contributed by atoms with Gasteiger partial charge < -0.3 is 5.32 Å². The second-order valence-electron chi connectivity index (χ2n) is 4.52. The lowest BCUT2D eigenvalue weighted by Gasteiger charge is -2.10. The highest BCUT2D eigenvalue weighted by atomic mass is 32.2. The van der Waals surface area contributed by atoms with E-state index in [-0.39, 0.29) is 17.5 Å². The first-order valence-corrected chi connectivity index (χ1v) is 7.47. The van der Waals surface area contributed by atoms with Crippen LogP contribution in [0.15, 0.2) is 29.7 Å². The van der Waals surface area contributed by atoms with Gasteiger partial charge in [0, 0.05) is 29.6 Å². The molecule has 1 aliphatic heterocycles. The van der Waals surface area contributed by atoms with Crippen molar-refractivity contribution in [2.45, 2.75) is 19.5 Å². The van der Waals surface area contributed by atoms with Crippen LogP contribution in [0.4, 0.5) is 5.69 Å². The van der Waals surface area contributed by atoms with Crippen LogP contribution in [-0.2, 0) is 16.4 Å². The van der Waals surface area contributed by atoms with Gasteiger partial charge in [-0.1, -0.05) is 18.2 Å². The van der Waals surface area contributed by atoms with Gasteiger partial charge in [0.2, 0.25) is 0 Å². The molecule has 1 aromatic carbocycles. The fraction of sp³-hybridized carbons (Fsp3) is 0.333. The maximum atomic E-state index is 11.2. The number of nitrogens with zero attached hydrogens (tertiary/aromatic N) is 1. The number of hydrogen-bond acceptors (Lipinski definition) is 5. The number of nitro groups is 1. The lowest BCUT2D eigenvalue weighted by molar-refractivity contribution is -0.385. The Hall–Kier alpha value is -1.73. The normalized spacial score (nSPS) is 20.6. The minimum absolute atomic E-state index is 0.0426. The summed E-state index contributed by atoms with van der Waals surface area (Å²) in [6.45, 7) is 2.08. The largest absolute Gasteiger partial charge is 0.305 e. The molecule has 1 aliphatic rings. The molecule has 1 heterocycles. The SMILES string of the molecule is Cc1ccc(CNC2C=CS(=O)(=O)C2)cc1[N+](=O)[O-]. The Bertz CT molecular complexity index is 637. The molecule has 0 spiro atoms. The van der Waals surface area contributed by atoms with Gasteiger partial charge in [0.15, 0.2) is 9.84 Å². The quantitative estimate of drug-likeness (QED) is 0.664. The van der Waals surface area contributed by atoms with E-state index in [9.17, 15) is 18.5 Å². The summed E-state index contributed by atoms with van der Waals surface area (Å²) in [5.41, 5.74) is 1.45. The Kier molecular flexibility index (Phi) is 3.68. The number of rotatable bonds is 4. The summed E-state index contributed by atoms with van der Waals surface area (Å²) in [6.07, 6.45) is 1.60. The molecule has 0 aliphatic carbocycles. The molecule has 102 valence electrons. The zero-order valence-corrected chi connectivity index (χ0v) is 11.2. The van der Waals surface area contributed by atoms with Crippen LogP contribution < -0.4 is 5.32 Å². The highest BCUT2D eigenvalue weighted by Crippen LogP contribution is 2.19. The molecule has 0 fully saturated rings. The molecule has 0 saturated heterocycles. The number of sulfone groups is 1. The van der Waals surface area contributed by atoms with Crippen LogP contribution in [0.5, 0.6) is 0 Å². The monoisotopic (exact) mass is 282 g/mol. The van der Waals surface area contributed by atoms with Gasteiger partial charge in [-0.05, 0) is 12.5 Å². The molecular weight excluding hydrogens is 268 g/mol. The van der Waals surface area contributed by atoms with Gasteiger partial charge in [-0.15, -0.1) is 0 Å². The predicted molar refractivity (Wildman–Crippen MR) is 71.4 cm³/mol. The maximum absolute atomic E-state index is 11.2. The van der Waals surface area contributed by atoms with Gasteiger partial charge in [0.05, 0.1) is 10.7 Å². The van der Waals surface area contributed by atoms with Crippen LogP contribution in [0.2, 0.25) is 0 Å². The molecule has 0 aromatic heterocycles. The van der Waals surface area contributed by atoms with Crippen molar-refractivity contribution < 1.29 is 13.3 Å². The van der Waals surface area contributed by atoms with Gasteiger partial charge in [-0.25, -0.2) is 8.42 Å². The van der Waals surface area contributed by atoms with E-state index in [0.717, 1.165) is 5.56 Å². The molecule has 1 atom stereocenters. The van der Waals surface area contributed by atoms with Crippen molar-refractivity contribution in [1.82, 2.24) is 5.32 Å². The fourth-order valence-electron chi connectivity index (χ4n) is 1.91. The zero-order chi connectivity index (χ0) is 14.0. The molecule has 0 radical (unpaired) electrons. The first-order chi connectivity index (χ1) is 8.87. The second-order valence-corrected chi connectivity index (χ2v) is 6.45. The Labute approximate surface area is 111 Å². The lowest BCUT2D eigenvalue weighted by atomic mass is 10.1. The van der Waals surface area contributed by atoms with Crippen LogP contribution in [-0.4, -0.2) is 25.1 Å². The molecular formula is C12H14N2O4S. The van der Waals surface area contributed by atoms with E-state index in [1.165, 1.54) is 11.5 Å². The fourth-order valence-corrected chi connectivity index (χ4v) is 3.18. The number of nitrogens with one attached hydrogen (secondary N) is 1. The number of hydrogen-bond donors (Lipinski definition) is 1. The standard InChI is InChI=1S/C12H14N2O4S/c1-9-2-3-10(6-12(9)14(15)16)7-13-11-4-5-19(17,18)8-11/h2-6,11,13H,7-8H2,1H3. The van der Waals surface area contributed by atoms with E-state index in [1.54, 1.807) is 25.1 Å². The summed E-state index contributed by atoms with van der Waals surface area (Å²) in [5, 5.41) is 15.1. The Balaban J connectivity index is 2.03. The minimum atomic E-state index is -3.08. The highest BCUT2D eigenvalue weighted by Gasteiger charge is 2.21. The van der Waals surface area contributed by atoms with E-state index in [0.29, 0.717) is 12.1 Å². The third kappa shape index (κ3) is 3.39. The summed E-state index contributed by atoms with van der Waals surface area (Å²) in [4.78, 5) is 10.4. The van der Waals surface area contributed by atoms with E-state index in [1.807, 2.05) is 0 Å². The topological polar surface area (TPSA) is 89.3 Å². The number of nitro benzene ring substituents is 1. The van der Waals surface area contributed by atoms with Crippen LogP contribution in [0.3, 0.4) is 0 Å². The first-order valence-electron chi connectivity index (χ1n) is 5.76. The third-order valence-electron chi connectivity index (χ3n) is 2.97. The summed E-state index contributed by atoms with van der Waals surface area (Å²) >= 11 is 0. The van der Waals surface area contributed by atoms with Crippen molar-refractivity contribution in [3.8, 4) is 0 Å². The lowest BCUT2D eigenvalue weighted by Crippen LogP contribution is -2.29. The van der Waals surface area contributed by atoms with Crippen LogP contribution in [0, 0.1) is 17.0 Å². The second kappa shape index (κ2) is 5.10. The molecule has 1 aromatic rings. The molecule has 2 rings (SSSR count). The summed E-state index contributed by atoms with van der Waals surface area (Å²) in [5.74, 6) is 0.0426. The molecule has 6 nitrogen and oxygen atoms in total. The number of benzene rings is 1. The van der Waals surface area contributed by atoms with E-state index in [2.05, 4.69) is 5.32 Å². The molecule has 1 N–H and O–H groups in total. The van der Waals surface area contributed by atoms with Gasteiger partial charge in [0.1, 0.15) is 0 Å². The Morgan fingerprint density at radius 2 is 2.21 bits per heavy atom. The molecule has 0 amide bonds. The van der Waals surface area contributed by atoms with Crippen LogP contribution >= 0.6 is 0 Å². The third-order valence-corrected chi connectivity index (χ3v) is 4.36. The number of aryl methyl sites for hydroxylation is 1. The molecule has 1 unspecified atom stereocenters. The van der Waals surface area contributed by atoms with Crippen molar-refractivity contribution in [1.29, 1.82) is 0 Å². The van der Waals surface area contributed by atoms with Crippen molar-refractivity contribution in [3.63, 3.8) is 0 Å². The first kappa shape index (κ1) is 13.7. The van der Waals surface area contributed by atoms with Crippen LogP contribution in [0.25, 0.3) is 0 Å². The Morgan fingerprint density at radius 1 is 1.47 bits per heavy atom. The summed E-state index contributed by atoms with van der Waals surface area (Å²) < 4.78 is 22.4. The molecule has 0 saturated carbocycles. The smallest absolute Gasteiger partial charge is 0.272 e. The van der Waals surface area contributed by atoms with Crippen molar-refractivity contribution in [3.05, 3.63) is 50.9 Å². The van der Waals surface area contributed by atoms with Crippen molar-refractivity contribution >= 4 is 15.5 Å². The van der Waals surface area contributed by atoms with Crippen molar-refractivity contribution in [2.24, 2.45) is 0 Å². The zero-order valence-electron chi connectivity index (χ0n) is 10.4. The minimum Gasteiger partial charge on any atom is -0.305 e. The van der Waals surface area contributed by atoms with Crippen LogP contribution in [0.1, 0.15) is 11.1 Å². The van der Waals surface area contributed by atoms with E-state index < -0.39 is 14.8 Å². The molecule has 7 heteroatoms. The molecule has 19 heavy (non-hydrogen) atoms. The van der Waals surface area contributed by atoms with Gasteiger partial charge in [-0.3, -0.25) is 10.1 Å². The maximum Gasteiger partial charge on any atom is 0.272 e.